The standard InChI is InChI=1S/C22H36N2O9S/c1-14(32-17(28)7-6-16(26)27)12-18(29)34-11-10-23-15(25)8-9-24-20(30)19-21(2,3)13-31-22(4,5)33-19/h14,19H,6-13H2,1-5H3,(H,23,25)(H,24,30)(H,26,27)/t14?,19-/m0/s1. The van der Waals surface area contributed by atoms with Crippen LogP contribution >= 0.6 is 11.8 Å². The van der Waals surface area contributed by atoms with E-state index in [1.165, 1.54) is 0 Å². The zero-order valence-corrected chi connectivity index (χ0v) is 21.2. The molecule has 1 heterocycles. The lowest BCUT2D eigenvalue weighted by Gasteiger charge is -2.44. The van der Waals surface area contributed by atoms with Gasteiger partial charge in [0, 0.05) is 30.7 Å². The Bertz CT molecular complexity index is 755. The summed E-state index contributed by atoms with van der Waals surface area (Å²) in [5.74, 6) is -2.83. The Morgan fingerprint density at radius 3 is 2.38 bits per heavy atom. The lowest BCUT2D eigenvalue weighted by atomic mass is 9.85. The highest BCUT2D eigenvalue weighted by Gasteiger charge is 2.45. The Kier molecular flexibility index (Phi) is 12.0. The topological polar surface area (TPSA) is 157 Å². The average molecular weight is 505 g/mol. The van der Waals surface area contributed by atoms with E-state index in [9.17, 15) is 24.0 Å². The van der Waals surface area contributed by atoms with Gasteiger partial charge in [-0.25, -0.2) is 0 Å². The Balaban J connectivity index is 2.19. The van der Waals surface area contributed by atoms with Crippen molar-refractivity contribution in [2.24, 2.45) is 5.41 Å². The molecular formula is C22H36N2O9S. The predicted molar refractivity (Wildman–Crippen MR) is 124 cm³/mol. The maximum atomic E-state index is 12.5. The second-order valence-electron chi connectivity index (χ2n) is 9.18. The van der Waals surface area contributed by atoms with E-state index in [1.807, 2.05) is 13.8 Å². The number of amides is 2. The monoisotopic (exact) mass is 504 g/mol. The van der Waals surface area contributed by atoms with Gasteiger partial charge in [0.1, 0.15) is 12.2 Å². The van der Waals surface area contributed by atoms with Crippen molar-refractivity contribution in [3.05, 3.63) is 0 Å². The summed E-state index contributed by atoms with van der Waals surface area (Å²) >= 11 is 1.00. The van der Waals surface area contributed by atoms with Crippen LogP contribution in [0.5, 0.6) is 0 Å². The van der Waals surface area contributed by atoms with Gasteiger partial charge in [-0.15, -0.1) is 0 Å². The summed E-state index contributed by atoms with van der Waals surface area (Å²) in [5.41, 5.74) is -0.500. The van der Waals surface area contributed by atoms with Crippen molar-refractivity contribution >= 4 is 40.6 Å². The largest absolute Gasteiger partial charge is 0.481 e. The molecule has 1 rings (SSSR count). The molecule has 0 aliphatic carbocycles. The van der Waals surface area contributed by atoms with E-state index in [1.54, 1.807) is 20.8 Å². The molecule has 0 aromatic rings. The molecule has 1 unspecified atom stereocenters. The first-order valence-electron chi connectivity index (χ1n) is 11.1. The van der Waals surface area contributed by atoms with Gasteiger partial charge in [-0.05, 0) is 20.8 Å². The molecule has 0 radical (unpaired) electrons. The quantitative estimate of drug-likeness (QED) is 0.246. The molecule has 1 fully saturated rings. The number of carbonyl (C=O) groups excluding carboxylic acids is 4. The number of rotatable bonds is 13. The SMILES string of the molecule is CC(CC(=O)SCCNC(=O)CCNC(=O)[C@@H]1OC(C)(C)OCC1(C)C)OC(=O)CCC(=O)O. The molecule has 194 valence electrons. The Hall–Kier alpha value is -2.18. The van der Waals surface area contributed by atoms with Gasteiger partial charge in [-0.1, -0.05) is 25.6 Å². The van der Waals surface area contributed by atoms with Gasteiger partial charge in [-0.3, -0.25) is 24.0 Å². The van der Waals surface area contributed by atoms with Crippen LogP contribution in [0.2, 0.25) is 0 Å². The second kappa shape index (κ2) is 13.6. The van der Waals surface area contributed by atoms with Crippen molar-refractivity contribution in [3.8, 4) is 0 Å². The van der Waals surface area contributed by atoms with E-state index in [0.29, 0.717) is 12.4 Å². The van der Waals surface area contributed by atoms with Crippen LogP contribution in [0.15, 0.2) is 0 Å². The molecule has 0 aromatic carbocycles. The number of esters is 1. The molecule has 0 saturated carbocycles. The van der Waals surface area contributed by atoms with Gasteiger partial charge >= 0.3 is 11.9 Å². The second-order valence-corrected chi connectivity index (χ2v) is 10.3. The fraction of sp³-hybridized carbons (Fsp3) is 0.773. The molecule has 11 nitrogen and oxygen atoms in total. The number of thioether (sulfide) groups is 1. The molecule has 1 aliphatic heterocycles. The lowest BCUT2D eigenvalue weighted by molar-refractivity contribution is -0.304. The molecule has 1 saturated heterocycles. The number of carboxylic acids is 1. The molecule has 0 bridgehead atoms. The molecule has 3 N–H and O–H groups in total. The van der Waals surface area contributed by atoms with Crippen molar-refractivity contribution < 1.29 is 43.3 Å². The summed E-state index contributed by atoms with van der Waals surface area (Å²) < 4.78 is 16.3. The minimum Gasteiger partial charge on any atom is -0.481 e. The summed E-state index contributed by atoms with van der Waals surface area (Å²) in [6.45, 7) is 9.59. The van der Waals surface area contributed by atoms with Gasteiger partial charge in [-0.2, -0.15) is 0 Å². The maximum Gasteiger partial charge on any atom is 0.306 e. The lowest BCUT2D eigenvalue weighted by Crippen LogP contribution is -2.56. The van der Waals surface area contributed by atoms with Crippen LogP contribution in [0.1, 0.15) is 60.3 Å². The van der Waals surface area contributed by atoms with Crippen LogP contribution in [0.4, 0.5) is 0 Å². The summed E-state index contributed by atoms with van der Waals surface area (Å²) in [6, 6.07) is 0. The minimum atomic E-state index is -1.10. The minimum absolute atomic E-state index is 0.00904. The number of ether oxygens (including phenoxy) is 3. The van der Waals surface area contributed by atoms with E-state index in [2.05, 4.69) is 10.6 Å². The average Bonchev–Trinajstić information content (AvgIpc) is 2.71. The van der Waals surface area contributed by atoms with Crippen LogP contribution in [0, 0.1) is 5.41 Å². The van der Waals surface area contributed by atoms with Crippen LogP contribution in [0.25, 0.3) is 0 Å². The fourth-order valence-corrected chi connectivity index (χ4v) is 3.77. The van der Waals surface area contributed by atoms with Crippen LogP contribution < -0.4 is 10.6 Å². The Labute approximate surface area is 204 Å². The molecule has 0 aromatic heterocycles. The van der Waals surface area contributed by atoms with Crippen molar-refractivity contribution in [1.29, 1.82) is 0 Å². The number of nitrogens with one attached hydrogen (secondary N) is 2. The first-order chi connectivity index (χ1) is 15.7. The number of hydrogen-bond acceptors (Lipinski definition) is 9. The summed E-state index contributed by atoms with van der Waals surface area (Å²) in [7, 11) is 0. The van der Waals surface area contributed by atoms with Crippen LogP contribution in [0.3, 0.4) is 0 Å². The van der Waals surface area contributed by atoms with Gasteiger partial charge in [0.15, 0.2) is 10.9 Å². The molecule has 0 spiro atoms. The molecule has 34 heavy (non-hydrogen) atoms. The molecular weight excluding hydrogens is 468 g/mol. The first-order valence-corrected chi connectivity index (χ1v) is 12.1. The Morgan fingerprint density at radius 2 is 1.74 bits per heavy atom. The van der Waals surface area contributed by atoms with Gasteiger partial charge in [0.2, 0.25) is 11.8 Å². The molecule has 2 amide bonds. The molecule has 12 heteroatoms. The number of carboxylic acid groups (broad SMARTS) is 1. The van der Waals surface area contributed by atoms with Gasteiger partial charge in [0.25, 0.3) is 0 Å². The number of hydrogen-bond donors (Lipinski definition) is 3. The maximum absolute atomic E-state index is 12.5. The molecule has 2 atom stereocenters. The van der Waals surface area contributed by atoms with Crippen molar-refractivity contribution in [2.75, 3.05) is 25.4 Å². The highest BCUT2D eigenvalue weighted by Crippen LogP contribution is 2.34. The third-order valence-corrected chi connectivity index (χ3v) is 5.71. The number of carbonyl (C=O) groups is 5. The first kappa shape index (κ1) is 29.9. The third kappa shape index (κ3) is 11.8. The normalized spacial score (nSPS) is 19.5. The summed E-state index contributed by atoms with van der Waals surface area (Å²) in [5, 5.41) is 13.7. The van der Waals surface area contributed by atoms with E-state index in [0.717, 1.165) is 11.8 Å². The summed E-state index contributed by atoms with van der Waals surface area (Å²) in [4.78, 5) is 58.3. The Morgan fingerprint density at radius 1 is 1.06 bits per heavy atom. The smallest absolute Gasteiger partial charge is 0.306 e. The van der Waals surface area contributed by atoms with E-state index in [-0.39, 0.29) is 55.7 Å². The highest BCUT2D eigenvalue weighted by molar-refractivity contribution is 8.13. The van der Waals surface area contributed by atoms with Crippen molar-refractivity contribution in [1.82, 2.24) is 10.6 Å². The molecule has 1 aliphatic rings. The van der Waals surface area contributed by atoms with Crippen LogP contribution in [-0.4, -0.2) is 77.4 Å². The summed E-state index contributed by atoms with van der Waals surface area (Å²) in [6.07, 6.45) is -1.84. The zero-order valence-electron chi connectivity index (χ0n) is 20.4. The van der Waals surface area contributed by atoms with E-state index >= 15 is 0 Å². The van der Waals surface area contributed by atoms with Crippen molar-refractivity contribution in [3.63, 3.8) is 0 Å². The fourth-order valence-electron chi connectivity index (χ4n) is 2.98. The third-order valence-electron chi connectivity index (χ3n) is 4.81. The van der Waals surface area contributed by atoms with Crippen LogP contribution in [-0.2, 0) is 38.2 Å². The van der Waals surface area contributed by atoms with Gasteiger partial charge < -0.3 is 30.0 Å². The van der Waals surface area contributed by atoms with Crippen molar-refractivity contribution in [2.45, 2.75) is 78.3 Å². The number of aliphatic carboxylic acids is 1. The predicted octanol–water partition coefficient (Wildman–Crippen LogP) is 1.23. The highest BCUT2D eigenvalue weighted by atomic mass is 32.2. The van der Waals surface area contributed by atoms with Gasteiger partial charge in [0.05, 0.1) is 25.9 Å². The zero-order chi connectivity index (χ0) is 25.9. The van der Waals surface area contributed by atoms with E-state index < -0.39 is 35.3 Å². The van der Waals surface area contributed by atoms with E-state index in [4.69, 9.17) is 19.3 Å².